The molecule has 0 saturated heterocycles. The van der Waals surface area contributed by atoms with Crippen LogP contribution >= 0.6 is 11.8 Å². The van der Waals surface area contributed by atoms with Crippen molar-refractivity contribution in [2.24, 2.45) is 16.3 Å². The first-order chi connectivity index (χ1) is 11.2. The fourth-order valence-electron chi connectivity index (χ4n) is 4.31. The number of nitrogens with one attached hydrogen (secondary N) is 1. The first kappa shape index (κ1) is 16.0. The lowest BCUT2D eigenvalue weighted by molar-refractivity contribution is -0.119. The van der Waals surface area contributed by atoms with Crippen molar-refractivity contribution in [2.75, 3.05) is 0 Å². The number of carbonyl (C=O) groups is 1. The summed E-state index contributed by atoms with van der Waals surface area (Å²) in [4.78, 5) is 20.6. The fraction of sp³-hybridized carbons (Fsp3) is 0.588. The van der Waals surface area contributed by atoms with Crippen molar-refractivity contribution >= 4 is 22.8 Å². The zero-order valence-electron chi connectivity index (χ0n) is 13.6. The molecule has 1 aromatic heterocycles. The molecule has 1 amide bonds. The zero-order valence-corrected chi connectivity index (χ0v) is 14.4. The number of carbonyl (C=O) groups excluding carboxylic acids is 1. The Morgan fingerprint density at radius 2 is 2.00 bits per heavy atom. The lowest BCUT2D eigenvalue weighted by atomic mass is 9.80. The zero-order chi connectivity index (χ0) is 17.2. The number of pyridine rings is 1. The summed E-state index contributed by atoms with van der Waals surface area (Å²) < 4.78 is 26.9. The molecule has 2 aliphatic carbocycles. The van der Waals surface area contributed by atoms with Crippen LogP contribution in [0.3, 0.4) is 0 Å². The Bertz CT molecular complexity index is 726. The van der Waals surface area contributed by atoms with Crippen molar-refractivity contribution in [1.29, 1.82) is 0 Å². The molecule has 2 bridgehead atoms. The summed E-state index contributed by atoms with van der Waals surface area (Å²) in [6, 6.07) is 3.56. The van der Waals surface area contributed by atoms with Crippen molar-refractivity contribution in [2.45, 2.75) is 49.8 Å². The molecule has 1 aliphatic heterocycles. The molecule has 0 aromatic carbocycles. The van der Waals surface area contributed by atoms with Gasteiger partial charge in [0.15, 0.2) is 5.17 Å². The molecule has 4 nitrogen and oxygen atoms in total. The number of aromatic nitrogens is 1. The van der Waals surface area contributed by atoms with Crippen LogP contribution in [0.4, 0.5) is 8.78 Å². The molecule has 0 spiro atoms. The molecule has 4 atom stereocenters. The Morgan fingerprint density at radius 1 is 1.29 bits per heavy atom. The van der Waals surface area contributed by atoms with Crippen molar-refractivity contribution in [1.82, 2.24) is 10.3 Å². The summed E-state index contributed by atoms with van der Waals surface area (Å²) in [6.45, 7) is 3.75. The van der Waals surface area contributed by atoms with Gasteiger partial charge in [0.2, 0.25) is 0 Å². The van der Waals surface area contributed by atoms with Crippen molar-refractivity contribution in [3.8, 4) is 0 Å². The Morgan fingerprint density at radius 3 is 2.58 bits per heavy atom. The van der Waals surface area contributed by atoms with E-state index in [4.69, 9.17) is 0 Å². The standard InChI is InChI=1S/C17H19F2N3OS/c1-15-8-11(17(18,19)9-15)7-12(15)21-14-22-13(23)16(2,24-14)10-3-5-20-6-4-10/h3-6,11-12H,7-9H2,1-2H3,(H,21,22,23)/t11-,12-,15+,16+/m0/s1. The SMILES string of the molecule is C[C@]12C[C@H](C[C@@H]1NC1=NC(=O)[C@@](C)(c3ccncc3)S1)C(F)(F)C2. The number of amides is 1. The third-order valence-corrected chi connectivity index (χ3v) is 6.97. The Kier molecular flexibility index (Phi) is 3.33. The number of amidine groups is 1. The van der Waals surface area contributed by atoms with Crippen LogP contribution in [0, 0.1) is 11.3 Å². The summed E-state index contributed by atoms with van der Waals surface area (Å²) in [6.07, 6.45) is 4.18. The quantitative estimate of drug-likeness (QED) is 0.888. The molecular formula is C17H19F2N3OS. The van der Waals surface area contributed by atoms with E-state index in [-0.39, 0.29) is 18.4 Å². The third-order valence-electron chi connectivity index (χ3n) is 5.75. The Labute approximate surface area is 143 Å². The number of nitrogens with zero attached hydrogens (tertiary/aromatic N) is 2. The third kappa shape index (κ3) is 2.28. The molecule has 1 N–H and O–H groups in total. The van der Waals surface area contributed by atoms with E-state index in [2.05, 4.69) is 15.3 Å². The second kappa shape index (κ2) is 5.00. The second-order valence-corrected chi connectivity index (χ2v) is 8.93. The van der Waals surface area contributed by atoms with Crippen LogP contribution in [-0.4, -0.2) is 28.0 Å². The number of aliphatic imine (C=N–C) groups is 1. The van der Waals surface area contributed by atoms with Gasteiger partial charge in [-0.3, -0.25) is 9.78 Å². The van der Waals surface area contributed by atoms with Crippen LogP contribution in [0.2, 0.25) is 0 Å². The average Bonchev–Trinajstić information content (AvgIpc) is 3.07. The van der Waals surface area contributed by atoms with E-state index in [1.54, 1.807) is 12.4 Å². The predicted octanol–water partition coefficient (Wildman–Crippen LogP) is 3.34. The van der Waals surface area contributed by atoms with Crippen LogP contribution in [0.25, 0.3) is 0 Å². The number of hydrogen-bond donors (Lipinski definition) is 1. The topological polar surface area (TPSA) is 54.4 Å². The van der Waals surface area contributed by atoms with Crippen molar-refractivity contribution in [3.05, 3.63) is 30.1 Å². The van der Waals surface area contributed by atoms with Gasteiger partial charge in [-0.25, -0.2) is 8.78 Å². The maximum absolute atomic E-state index is 13.9. The summed E-state index contributed by atoms with van der Waals surface area (Å²) in [5.41, 5.74) is 0.411. The minimum Gasteiger partial charge on any atom is -0.361 e. The summed E-state index contributed by atoms with van der Waals surface area (Å²) in [7, 11) is 0. The van der Waals surface area contributed by atoms with E-state index in [1.165, 1.54) is 11.8 Å². The molecule has 2 saturated carbocycles. The smallest absolute Gasteiger partial charge is 0.268 e. The molecule has 2 fully saturated rings. The number of alkyl halides is 2. The van der Waals surface area contributed by atoms with Crippen molar-refractivity contribution < 1.29 is 13.6 Å². The number of hydrogen-bond acceptors (Lipinski definition) is 4. The number of thioether (sulfide) groups is 1. The van der Waals surface area contributed by atoms with Crippen LogP contribution in [0.15, 0.2) is 29.5 Å². The molecule has 1 aromatic rings. The van der Waals surface area contributed by atoms with E-state index in [9.17, 15) is 13.6 Å². The molecule has 0 unspecified atom stereocenters. The minimum absolute atomic E-state index is 0.0547. The van der Waals surface area contributed by atoms with Crippen LogP contribution in [0.1, 0.15) is 38.7 Å². The maximum atomic E-state index is 13.9. The van der Waals surface area contributed by atoms with Crippen LogP contribution < -0.4 is 5.32 Å². The minimum atomic E-state index is -2.56. The second-order valence-electron chi connectivity index (χ2n) is 7.52. The maximum Gasteiger partial charge on any atom is 0.268 e. The monoisotopic (exact) mass is 351 g/mol. The fourth-order valence-corrected chi connectivity index (χ4v) is 5.42. The van der Waals surface area contributed by atoms with Gasteiger partial charge in [-0.2, -0.15) is 4.99 Å². The van der Waals surface area contributed by atoms with Gasteiger partial charge in [0.25, 0.3) is 11.8 Å². The van der Waals surface area contributed by atoms with Gasteiger partial charge >= 0.3 is 0 Å². The van der Waals surface area contributed by atoms with E-state index in [0.29, 0.717) is 18.0 Å². The lowest BCUT2D eigenvalue weighted by Gasteiger charge is -2.35. The van der Waals surface area contributed by atoms with Gasteiger partial charge in [0.1, 0.15) is 4.75 Å². The molecular weight excluding hydrogens is 332 g/mol. The van der Waals surface area contributed by atoms with Crippen molar-refractivity contribution in [3.63, 3.8) is 0 Å². The lowest BCUT2D eigenvalue weighted by Crippen LogP contribution is -2.46. The van der Waals surface area contributed by atoms with Gasteiger partial charge in [-0.05, 0) is 42.9 Å². The average molecular weight is 351 g/mol. The molecule has 2 heterocycles. The van der Waals surface area contributed by atoms with Gasteiger partial charge in [-0.15, -0.1) is 0 Å². The van der Waals surface area contributed by atoms with Gasteiger partial charge in [0, 0.05) is 30.8 Å². The highest BCUT2D eigenvalue weighted by Gasteiger charge is 2.63. The molecule has 128 valence electrons. The highest BCUT2D eigenvalue weighted by molar-refractivity contribution is 8.15. The van der Waals surface area contributed by atoms with Crippen LogP contribution in [0.5, 0.6) is 0 Å². The molecule has 7 heteroatoms. The molecule has 3 aliphatic rings. The molecule has 0 radical (unpaired) electrons. The summed E-state index contributed by atoms with van der Waals surface area (Å²) in [5.74, 6) is -3.34. The van der Waals surface area contributed by atoms with Gasteiger partial charge in [-0.1, -0.05) is 18.7 Å². The Hall–Kier alpha value is -1.50. The van der Waals surface area contributed by atoms with Crippen LogP contribution in [-0.2, 0) is 9.54 Å². The number of fused-ring (bicyclic) bond motifs is 2. The van der Waals surface area contributed by atoms with Gasteiger partial charge in [0.05, 0.1) is 0 Å². The molecule has 24 heavy (non-hydrogen) atoms. The predicted molar refractivity (Wildman–Crippen MR) is 88.9 cm³/mol. The van der Waals surface area contributed by atoms with E-state index in [1.807, 2.05) is 26.0 Å². The van der Waals surface area contributed by atoms with E-state index in [0.717, 1.165) is 5.56 Å². The Balaban J connectivity index is 1.50. The molecule has 4 rings (SSSR count). The summed E-state index contributed by atoms with van der Waals surface area (Å²) in [5, 5.41) is 3.83. The first-order valence-corrected chi connectivity index (χ1v) is 8.92. The van der Waals surface area contributed by atoms with E-state index >= 15 is 0 Å². The normalized spacial score (nSPS) is 40.0. The highest BCUT2D eigenvalue weighted by Crippen LogP contribution is 2.61. The van der Waals surface area contributed by atoms with E-state index < -0.39 is 22.0 Å². The largest absolute Gasteiger partial charge is 0.361 e. The van der Waals surface area contributed by atoms with Gasteiger partial charge < -0.3 is 5.32 Å². The number of rotatable bonds is 2. The first-order valence-electron chi connectivity index (χ1n) is 8.10. The number of halogens is 2. The summed E-state index contributed by atoms with van der Waals surface area (Å²) >= 11 is 1.36. The highest BCUT2D eigenvalue weighted by atomic mass is 32.2.